The molecule has 10 atom stereocenters. The summed E-state index contributed by atoms with van der Waals surface area (Å²) in [4.78, 5) is 13.3. The summed E-state index contributed by atoms with van der Waals surface area (Å²) >= 11 is 0. The molecule has 0 spiro atoms. The van der Waals surface area contributed by atoms with Crippen molar-refractivity contribution in [3.05, 3.63) is 58.4 Å². The summed E-state index contributed by atoms with van der Waals surface area (Å²) in [5, 5.41) is 91.8. The molecule has 9 N–H and O–H groups in total. The molecule has 222 valence electrons. The first-order chi connectivity index (χ1) is 19.5. The molecule has 2 aliphatic heterocycles. The molecule has 0 unspecified atom stereocenters. The maximum absolute atomic E-state index is 13.3. The van der Waals surface area contributed by atoms with Crippen molar-refractivity contribution in [2.24, 2.45) is 0 Å². The van der Waals surface area contributed by atoms with Crippen molar-refractivity contribution in [1.82, 2.24) is 0 Å². The van der Waals surface area contributed by atoms with Crippen molar-refractivity contribution in [2.45, 2.75) is 61.2 Å². The highest BCUT2D eigenvalue weighted by molar-refractivity contribution is 5.86. The first-order valence-electron chi connectivity index (χ1n) is 12.7. The number of aliphatic hydroxyl groups excluding tert-OH is 7. The number of ether oxygens (including phenoxy) is 3. The van der Waals surface area contributed by atoms with Crippen molar-refractivity contribution < 1.29 is 64.6 Å². The largest absolute Gasteiger partial charge is 0.508 e. The molecule has 0 aliphatic carbocycles. The lowest BCUT2D eigenvalue weighted by atomic mass is 9.89. The highest BCUT2D eigenvalue weighted by atomic mass is 16.7. The lowest BCUT2D eigenvalue weighted by Gasteiger charge is -2.43. The van der Waals surface area contributed by atoms with Gasteiger partial charge in [-0.2, -0.15) is 0 Å². The number of aliphatic hydroxyl groups is 7. The molecule has 2 aliphatic rings. The van der Waals surface area contributed by atoms with E-state index in [4.69, 9.17) is 18.6 Å². The standard InChI is InChI=1S/C27H30O14/c28-7-15-19(32)22(35)24(37)27(41-15)39-9-16-20(33)21(34)23(36)26(40-16)17-14(30)6-5-12-18(31)13(8-38-25(12)17)10-1-3-11(29)4-2-10/h1-6,8,15-16,19-24,26-30,32-37H,7,9H2/t15-,16-,19-,20-,21+,22+,23-,24-,26+,27-/m1/s1. The van der Waals surface area contributed by atoms with Gasteiger partial charge in [-0.15, -0.1) is 0 Å². The van der Waals surface area contributed by atoms with E-state index >= 15 is 0 Å². The summed E-state index contributed by atoms with van der Waals surface area (Å²) in [5.41, 5.74) is -0.232. The van der Waals surface area contributed by atoms with Gasteiger partial charge in [0.05, 0.1) is 29.7 Å². The topological polar surface area (TPSA) is 240 Å². The number of rotatable bonds is 6. The number of phenols is 2. The Kier molecular flexibility index (Phi) is 8.31. The van der Waals surface area contributed by atoms with E-state index in [2.05, 4.69) is 0 Å². The Balaban J connectivity index is 1.44. The maximum Gasteiger partial charge on any atom is 0.200 e. The molecule has 0 saturated carbocycles. The fourth-order valence-electron chi connectivity index (χ4n) is 5.05. The van der Waals surface area contributed by atoms with Crippen LogP contribution in [-0.2, 0) is 14.2 Å². The predicted octanol–water partition coefficient (Wildman–Crippen LogP) is -1.79. The Morgan fingerprint density at radius 2 is 1.41 bits per heavy atom. The van der Waals surface area contributed by atoms with Crippen LogP contribution in [0.15, 0.2) is 51.9 Å². The van der Waals surface area contributed by atoms with Gasteiger partial charge in [0.1, 0.15) is 78.3 Å². The molecule has 14 heteroatoms. The zero-order valence-electron chi connectivity index (χ0n) is 21.3. The normalized spacial score (nSPS) is 34.1. The highest BCUT2D eigenvalue weighted by Crippen LogP contribution is 2.41. The summed E-state index contributed by atoms with van der Waals surface area (Å²) in [6.07, 6.45) is -15.0. The third kappa shape index (κ3) is 5.30. The van der Waals surface area contributed by atoms with Gasteiger partial charge < -0.3 is 64.6 Å². The van der Waals surface area contributed by atoms with Gasteiger partial charge in [-0.3, -0.25) is 4.79 Å². The third-order valence-corrected chi connectivity index (χ3v) is 7.41. The lowest BCUT2D eigenvalue weighted by molar-refractivity contribution is -0.314. The fraction of sp³-hybridized carbons (Fsp3) is 0.444. The number of benzene rings is 2. The van der Waals surface area contributed by atoms with Gasteiger partial charge in [-0.25, -0.2) is 0 Å². The average molecular weight is 579 g/mol. The Hall–Kier alpha value is -3.15. The van der Waals surface area contributed by atoms with Gasteiger partial charge >= 0.3 is 0 Å². The number of hydrogen-bond donors (Lipinski definition) is 9. The fourth-order valence-corrected chi connectivity index (χ4v) is 5.05. The van der Waals surface area contributed by atoms with Crippen LogP contribution in [0.25, 0.3) is 22.1 Å². The van der Waals surface area contributed by atoms with Gasteiger partial charge in [0.15, 0.2) is 6.29 Å². The van der Waals surface area contributed by atoms with E-state index in [-0.39, 0.29) is 27.8 Å². The van der Waals surface area contributed by atoms with E-state index in [0.29, 0.717) is 5.56 Å². The predicted molar refractivity (Wildman–Crippen MR) is 137 cm³/mol. The zero-order chi connectivity index (χ0) is 29.6. The maximum atomic E-state index is 13.3. The van der Waals surface area contributed by atoms with E-state index in [1.807, 2.05) is 0 Å². The lowest BCUT2D eigenvalue weighted by Crippen LogP contribution is -2.60. The molecule has 2 saturated heterocycles. The van der Waals surface area contributed by atoms with Crippen LogP contribution in [0.1, 0.15) is 11.7 Å². The number of hydrogen-bond acceptors (Lipinski definition) is 14. The van der Waals surface area contributed by atoms with Gasteiger partial charge in [-0.1, -0.05) is 12.1 Å². The molecule has 41 heavy (non-hydrogen) atoms. The average Bonchev–Trinajstić information content (AvgIpc) is 2.96. The summed E-state index contributed by atoms with van der Waals surface area (Å²) in [7, 11) is 0. The molecule has 0 bridgehead atoms. The van der Waals surface area contributed by atoms with E-state index < -0.39 is 85.6 Å². The van der Waals surface area contributed by atoms with Gasteiger partial charge in [-0.05, 0) is 29.8 Å². The van der Waals surface area contributed by atoms with Gasteiger partial charge in [0.25, 0.3) is 0 Å². The van der Waals surface area contributed by atoms with Crippen molar-refractivity contribution in [3.8, 4) is 22.6 Å². The molecule has 5 rings (SSSR count). The van der Waals surface area contributed by atoms with E-state index in [9.17, 15) is 50.8 Å². The molecule has 2 aromatic carbocycles. The Morgan fingerprint density at radius 3 is 2.10 bits per heavy atom. The number of fused-ring (bicyclic) bond motifs is 1. The van der Waals surface area contributed by atoms with E-state index in [1.54, 1.807) is 0 Å². The van der Waals surface area contributed by atoms with Crippen LogP contribution in [0, 0.1) is 0 Å². The Bertz CT molecular complexity index is 1420. The minimum atomic E-state index is -1.82. The van der Waals surface area contributed by atoms with Crippen LogP contribution < -0.4 is 5.43 Å². The minimum Gasteiger partial charge on any atom is -0.508 e. The summed E-state index contributed by atoms with van der Waals surface area (Å²) in [6, 6.07) is 8.31. The Morgan fingerprint density at radius 1 is 0.756 bits per heavy atom. The molecule has 14 nitrogen and oxygen atoms in total. The van der Waals surface area contributed by atoms with Crippen molar-refractivity contribution in [3.63, 3.8) is 0 Å². The first-order valence-corrected chi connectivity index (χ1v) is 12.7. The van der Waals surface area contributed by atoms with Crippen molar-refractivity contribution in [1.29, 1.82) is 0 Å². The smallest absolute Gasteiger partial charge is 0.200 e. The van der Waals surface area contributed by atoms with Crippen LogP contribution in [0.4, 0.5) is 0 Å². The molecule has 0 radical (unpaired) electrons. The second kappa shape index (κ2) is 11.6. The second-order valence-corrected chi connectivity index (χ2v) is 10.00. The summed E-state index contributed by atoms with van der Waals surface area (Å²) < 4.78 is 22.3. The molecule has 1 aromatic heterocycles. The monoisotopic (exact) mass is 578 g/mol. The number of phenolic OH excluding ortho intramolecular Hbond substituents is 2. The zero-order valence-corrected chi connectivity index (χ0v) is 21.3. The summed E-state index contributed by atoms with van der Waals surface area (Å²) in [6.45, 7) is -1.27. The van der Waals surface area contributed by atoms with Crippen LogP contribution in [-0.4, -0.2) is 114 Å². The second-order valence-electron chi connectivity index (χ2n) is 10.00. The SMILES string of the molecule is O=c1c(-c2ccc(O)cc2)coc2c([C@@H]3O[C@H](CO[C@@H]4O[C@H](CO)[C@@H](O)[C@H](O)[C@H]4O)[C@@H](O)[C@H](O)[C@H]3O)c(O)ccc12. The van der Waals surface area contributed by atoms with Crippen molar-refractivity contribution in [2.75, 3.05) is 13.2 Å². The number of aromatic hydroxyl groups is 2. The van der Waals surface area contributed by atoms with Crippen LogP contribution >= 0.6 is 0 Å². The van der Waals surface area contributed by atoms with Crippen LogP contribution in [0.2, 0.25) is 0 Å². The van der Waals surface area contributed by atoms with Gasteiger partial charge in [0, 0.05) is 0 Å². The van der Waals surface area contributed by atoms with E-state index in [1.165, 1.54) is 36.4 Å². The molecular formula is C27H30O14. The first kappa shape index (κ1) is 29.3. The highest BCUT2D eigenvalue weighted by Gasteiger charge is 2.48. The van der Waals surface area contributed by atoms with Crippen molar-refractivity contribution >= 4 is 11.0 Å². The summed E-state index contributed by atoms with van der Waals surface area (Å²) in [5.74, 6) is -0.445. The molecule has 3 heterocycles. The molecular weight excluding hydrogens is 548 g/mol. The minimum absolute atomic E-state index is 0.000363. The molecule has 3 aromatic rings. The van der Waals surface area contributed by atoms with Gasteiger partial charge in [0.2, 0.25) is 5.43 Å². The Labute approximate surface area is 231 Å². The van der Waals surface area contributed by atoms with E-state index in [0.717, 1.165) is 6.26 Å². The van der Waals surface area contributed by atoms with Crippen LogP contribution in [0.5, 0.6) is 11.5 Å². The third-order valence-electron chi connectivity index (χ3n) is 7.41. The molecule has 0 amide bonds. The molecule has 2 fully saturated rings. The quantitative estimate of drug-likeness (QED) is 0.157. The van der Waals surface area contributed by atoms with Crippen LogP contribution in [0.3, 0.4) is 0 Å².